The fourth-order valence-electron chi connectivity index (χ4n) is 2.69. The minimum absolute atomic E-state index is 0.0203. The van der Waals surface area contributed by atoms with E-state index < -0.39 is 0 Å². The van der Waals surface area contributed by atoms with Crippen LogP contribution in [-0.4, -0.2) is 29.5 Å². The van der Waals surface area contributed by atoms with E-state index in [9.17, 15) is 4.79 Å². The molecule has 2 aromatic carbocycles. The first-order chi connectivity index (χ1) is 12.7. The first-order valence-electron chi connectivity index (χ1n) is 8.47. The quantitative estimate of drug-likeness (QED) is 0.325. The van der Waals surface area contributed by atoms with Gasteiger partial charge in [0, 0.05) is 30.9 Å². The molecular formula is C20H22N2O2S2. The van der Waals surface area contributed by atoms with Crippen molar-refractivity contribution in [1.29, 1.82) is 0 Å². The lowest BCUT2D eigenvalue weighted by Gasteiger charge is -2.13. The zero-order valence-corrected chi connectivity index (χ0v) is 16.6. The van der Waals surface area contributed by atoms with Gasteiger partial charge in [0.05, 0.1) is 10.9 Å². The molecule has 136 valence electrons. The van der Waals surface area contributed by atoms with Crippen molar-refractivity contribution >= 4 is 34.4 Å². The first-order valence-corrected chi connectivity index (χ1v) is 10.7. The van der Waals surface area contributed by atoms with Gasteiger partial charge in [-0.3, -0.25) is 9.36 Å². The molecule has 0 aliphatic heterocycles. The van der Waals surface area contributed by atoms with E-state index in [1.54, 1.807) is 35.2 Å². The molecule has 0 N–H and O–H groups in total. The predicted octanol–water partition coefficient (Wildman–Crippen LogP) is 4.45. The van der Waals surface area contributed by atoms with Crippen LogP contribution in [0, 0.1) is 0 Å². The minimum atomic E-state index is 0.0203. The number of hydrogen-bond donors (Lipinski definition) is 0. The Kier molecular flexibility index (Phi) is 6.77. The summed E-state index contributed by atoms with van der Waals surface area (Å²) >= 11 is 3.34. The number of aromatic nitrogens is 2. The SMILES string of the molecule is COCCCn1c(SCc2ccc(SC)cc2)nc2ccccc2c1=O. The van der Waals surface area contributed by atoms with Gasteiger partial charge in [0.15, 0.2) is 5.16 Å². The zero-order chi connectivity index (χ0) is 18.4. The van der Waals surface area contributed by atoms with Gasteiger partial charge in [0.2, 0.25) is 0 Å². The van der Waals surface area contributed by atoms with Crippen LogP contribution < -0.4 is 5.56 Å². The molecule has 0 radical (unpaired) electrons. The minimum Gasteiger partial charge on any atom is -0.385 e. The summed E-state index contributed by atoms with van der Waals surface area (Å²) in [7, 11) is 1.68. The molecule has 6 heteroatoms. The van der Waals surface area contributed by atoms with Crippen molar-refractivity contribution in [2.45, 2.75) is 28.8 Å². The summed E-state index contributed by atoms with van der Waals surface area (Å²) in [6.45, 7) is 1.23. The van der Waals surface area contributed by atoms with E-state index in [0.717, 1.165) is 22.8 Å². The molecule has 0 amide bonds. The average molecular weight is 387 g/mol. The Labute approximate surface area is 162 Å². The number of benzene rings is 2. The van der Waals surface area contributed by atoms with Gasteiger partial charge < -0.3 is 4.74 Å². The Balaban J connectivity index is 1.88. The molecule has 0 aliphatic rings. The molecule has 1 aromatic heterocycles. The van der Waals surface area contributed by atoms with E-state index in [0.29, 0.717) is 18.5 Å². The smallest absolute Gasteiger partial charge is 0.262 e. The van der Waals surface area contributed by atoms with Crippen LogP contribution in [0.5, 0.6) is 0 Å². The molecule has 0 unspecified atom stereocenters. The second-order valence-corrected chi connectivity index (χ2v) is 7.67. The fourth-order valence-corrected chi connectivity index (χ4v) is 4.08. The van der Waals surface area contributed by atoms with Crippen molar-refractivity contribution in [3.63, 3.8) is 0 Å². The van der Waals surface area contributed by atoms with E-state index in [-0.39, 0.29) is 5.56 Å². The third-order valence-electron chi connectivity index (χ3n) is 4.08. The Morgan fingerprint density at radius 2 is 1.88 bits per heavy atom. The fraction of sp³-hybridized carbons (Fsp3) is 0.300. The molecule has 0 bridgehead atoms. The summed E-state index contributed by atoms with van der Waals surface area (Å²) in [6, 6.07) is 16.0. The number of hydrogen-bond acceptors (Lipinski definition) is 5. The van der Waals surface area contributed by atoms with Crippen molar-refractivity contribution in [3.8, 4) is 0 Å². The largest absolute Gasteiger partial charge is 0.385 e. The molecule has 1 heterocycles. The predicted molar refractivity (Wildman–Crippen MR) is 110 cm³/mol. The number of nitrogens with zero attached hydrogens (tertiary/aromatic N) is 2. The normalized spacial score (nSPS) is 11.2. The second-order valence-electron chi connectivity index (χ2n) is 5.85. The van der Waals surface area contributed by atoms with Crippen LogP contribution in [0.1, 0.15) is 12.0 Å². The van der Waals surface area contributed by atoms with E-state index in [2.05, 4.69) is 30.5 Å². The van der Waals surface area contributed by atoms with Crippen LogP contribution in [0.2, 0.25) is 0 Å². The van der Waals surface area contributed by atoms with E-state index in [4.69, 9.17) is 9.72 Å². The summed E-state index contributed by atoms with van der Waals surface area (Å²) < 4.78 is 6.92. The number of thioether (sulfide) groups is 2. The number of methoxy groups -OCH3 is 1. The molecule has 3 rings (SSSR count). The highest BCUT2D eigenvalue weighted by atomic mass is 32.2. The highest BCUT2D eigenvalue weighted by Crippen LogP contribution is 2.24. The standard InChI is InChI=1S/C20H22N2O2S2/c1-24-13-5-12-22-19(23)17-6-3-4-7-18(17)21-20(22)26-14-15-8-10-16(25-2)11-9-15/h3-4,6-11H,5,12-14H2,1-2H3. The topological polar surface area (TPSA) is 44.1 Å². The summed E-state index contributed by atoms with van der Waals surface area (Å²) in [6.07, 6.45) is 2.86. The van der Waals surface area contributed by atoms with E-state index in [1.807, 2.05) is 24.3 Å². The number of para-hydroxylation sites is 1. The maximum atomic E-state index is 12.9. The van der Waals surface area contributed by atoms with Gasteiger partial charge in [-0.05, 0) is 42.5 Å². The molecule has 26 heavy (non-hydrogen) atoms. The Hall–Kier alpha value is -1.76. The van der Waals surface area contributed by atoms with Crippen molar-refractivity contribution in [3.05, 3.63) is 64.4 Å². The van der Waals surface area contributed by atoms with Crippen LogP contribution in [0.4, 0.5) is 0 Å². The molecule has 0 atom stereocenters. The molecular weight excluding hydrogens is 364 g/mol. The van der Waals surface area contributed by atoms with Gasteiger partial charge in [-0.15, -0.1) is 11.8 Å². The highest BCUT2D eigenvalue weighted by molar-refractivity contribution is 7.98. The first kappa shape index (κ1) is 19.0. The molecule has 4 nitrogen and oxygen atoms in total. The highest BCUT2D eigenvalue weighted by Gasteiger charge is 2.11. The monoisotopic (exact) mass is 386 g/mol. The Bertz CT molecular complexity index is 923. The maximum absolute atomic E-state index is 12.9. The van der Waals surface area contributed by atoms with E-state index >= 15 is 0 Å². The molecule has 0 spiro atoms. The third kappa shape index (κ3) is 4.50. The summed E-state index contributed by atoms with van der Waals surface area (Å²) in [5, 5.41) is 1.43. The van der Waals surface area contributed by atoms with Crippen molar-refractivity contribution < 1.29 is 4.74 Å². The van der Waals surface area contributed by atoms with Crippen LogP contribution in [0.15, 0.2) is 63.4 Å². The van der Waals surface area contributed by atoms with Gasteiger partial charge in [0.1, 0.15) is 0 Å². The Morgan fingerprint density at radius 1 is 1.12 bits per heavy atom. The Morgan fingerprint density at radius 3 is 2.62 bits per heavy atom. The van der Waals surface area contributed by atoms with Gasteiger partial charge in [-0.2, -0.15) is 0 Å². The lowest BCUT2D eigenvalue weighted by atomic mass is 10.2. The molecule has 3 aromatic rings. The molecule has 0 saturated heterocycles. The maximum Gasteiger partial charge on any atom is 0.262 e. The van der Waals surface area contributed by atoms with Gasteiger partial charge in [-0.1, -0.05) is 36.0 Å². The van der Waals surface area contributed by atoms with Gasteiger partial charge in [0.25, 0.3) is 5.56 Å². The van der Waals surface area contributed by atoms with Crippen LogP contribution in [0.3, 0.4) is 0 Å². The molecule has 0 fully saturated rings. The number of rotatable bonds is 8. The average Bonchev–Trinajstić information content (AvgIpc) is 2.69. The summed E-state index contributed by atoms with van der Waals surface area (Å²) in [5.41, 5.74) is 1.99. The summed E-state index contributed by atoms with van der Waals surface area (Å²) in [4.78, 5) is 18.9. The molecule has 0 aliphatic carbocycles. The lowest BCUT2D eigenvalue weighted by molar-refractivity contribution is 0.189. The van der Waals surface area contributed by atoms with Crippen molar-refractivity contribution in [2.75, 3.05) is 20.0 Å². The molecule has 0 saturated carbocycles. The van der Waals surface area contributed by atoms with Gasteiger partial charge in [-0.25, -0.2) is 4.98 Å². The number of fused-ring (bicyclic) bond motifs is 1. The van der Waals surface area contributed by atoms with Crippen molar-refractivity contribution in [1.82, 2.24) is 9.55 Å². The zero-order valence-electron chi connectivity index (χ0n) is 15.0. The van der Waals surface area contributed by atoms with Crippen LogP contribution in [-0.2, 0) is 17.0 Å². The lowest BCUT2D eigenvalue weighted by Crippen LogP contribution is -2.24. The van der Waals surface area contributed by atoms with Crippen LogP contribution in [0.25, 0.3) is 10.9 Å². The number of ether oxygens (including phenoxy) is 1. The second kappa shape index (κ2) is 9.26. The summed E-state index contributed by atoms with van der Waals surface area (Å²) in [5.74, 6) is 0.781. The third-order valence-corrected chi connectivity index (χ3v) is 5.87. The van der Waals surface area contributed by atoms with E-state index in [1.165, 1.54) is 10.5 Å². The van der Waals surface area contributed by atoms with Crippen molar-refractivity contribution in [2.24, 2.45) is 0 Å². The van der Waals surface area contributed by atoms with Gasteiger partial charge >= 0.3 is 0 Å². The van der Waals surface area contributed by atoms with Crippen LogP contribution >= 0.6 is 23.5 Å².